The van der Waals surface area contributed by atoms with Crippen LogP contribution in [-0.4, -0.2) is 66.3 Å². The number of piperazine rings is 1. The number of amides is 2. The Bertz CT molecular complexity index is 566. The first-order chi connectivity index (χ1) is 10.8. The summed E-state index contributed by atoms with van der Waals surface area (Å²) in [6.07, 6.45) is 0. The standard InChI is InChI=1S/C16H21Cl2N3O2/c1-12(22)20-3-5-21(6-4-20)16(23)11-19(2)10-13-7-14(17)9-15(18)8-13/h7-9H,3-6,10-11H2,1-2H3. The molecule has 0 spiro atoms. The number of nitrogens with zero attached hydrogens (tertiary/aromatic N) is 3. The Kier molecular flexibility index (Phi) is 6.27. The van der Waals surface area contributed by atoms with Crippen LogP contribution in [0.1, 0.15) is 12.5 Å². The van der Waals surface area contributed by atoms with Crippen LogP contribution in [0.3, 0.4) is 0 Å². The smallest absolute Gasteiger partial charge is 0.236 e. The van der Waals surface area contributed by atoms with Crippen LogP contribution in [0.5, 0.6) is 0 Å². The minimum absolute atomic E-state index is 0.0621. The summed E-state index contributed by atoms with van der Waals surface area (Å²) in [5.41, 5.74) is 0.971. The van der Waals surface area contributed by atoms with Gasteiger partial charge in [0.1, 0.15) is 0 Å². The quantitative estimate of drug-likeness (QED) is 0.828. The van der Waals surface area contributed by atoms with E-state index in [1.54, 1.807) is 22.8 Å². The van der Waals surface area contributed by atoms with Crippen LogP contribution in [0.2, 0.25) is 10.0 Å². The molecule has 1 heterocycles. The number of hydrogen-bond donors (Lipinski definition) is 0. The molecular weight excluding hydrogens is 337 g/mol. The molecule has 0 N–H and O–H groups in total. The molecule has 0 radical (unpaired) electrons. The first-order valence-corrected chi connectivity index (χ1v) is 8.27. The van der Waals surface area contributed by atoms with E-state index >= 15 is 0 Å². The average molecular weight is 358 g/mol. The molecule has 5 nitrogen and oxygen atoms in total. The monoisotopic (exact) mass is 357 g/mol. The molecule has 0 aliphatic carbocycles. The van der Waals surface area contributed by atoms with Crippen molar-refractivity contribution in [3.63, 3.8) is 0 Å². The van der Waals surface area contributed by atoms with Crippen molar-refractivity contribution in [3.8, 4) is 0 Å². The second kappa shape index (κ2) is 7.99. The van der Waals surface area contributed by atoms with E-state index in [4.69, 9.17) is 23.2 Å². The molecular formula is C16H21Cl2N3O2. The lowest BCUT2D eigenvalue weighted by molar-refractivity contribution is -0.139. The zero-order valence-electron chi connectivity index (χ0n) is 13.4. The molecule has 1 aliphatic rings. The lowest BCUT2D eigenvalue weighted by Gasteiger charge is -2.35. The highest BCUT2D eigenvalue weighted by Crippen LogP contribution is 2.20. The third kappa shape index (κ3) is 5.37. The van der Waals surface area contributed by atoms with E-state index in [2.05, 4.69) is 0 Å². The van der Waals surface area contributed by atoms with E-state index in [1.165, 1.54) is 0 Å². The van der Waals surface area contributed by atoms with Crippen LogP contribution < -0.4 is 0 Å². The van der Waals surface area contributed by atoms with Gasteiger partial charge in [-0.25, -0.2) is 0 Å². The third-order valence-electron chi connectivity index (χ3n) is 3.86. The number of benzene rings is 1. The second-order valence-electron chi connectivity index (χ2n) is 5.84. The number of carbonyl (C=O) groups excluding carboxylic acids is 2. The Morgan fingerprint density at radius 2 is 1.57 bits per heavy atom. The Morgan fingerprint density at radius 3 is 2.09 bits per heavy atom. The van der Waals surface area contributed by atoms with Crippen molar-refractivity contribution in [3.05, 3.63) is 33.8 Å². The molecule has 1 saturated heterocycles. The number of hydrogen-bond acceptors (Lipinski definition) is 3. The number of rotatable bonds is 4. The zero-order valence-corrected chi connectivity index (χ0v) is 14.9. The summed E-state index contributed by atoms with van der Waals surface area (Å²) in [7, 11) is 1.89. The Morgan fingerprint density at radius 1 is 1.04 bits per heavy atom. The lowest BCUT2D eigenvalue weighted by Crippen LogP contribution is -2.51. The van der Waals surface area contributed by atoms with Gasteiger partial charge < -0.3 is 9.80 Å². The van der Waals surface area contributed by atoms with Gasteiger partial charge in [-0.1, -0.05) is 23.2 Å². The highest BCUT2D eigenvalue weighted by atomic mass is 35.5. The topological polar surface area (TPSA) is 43.9 Å². The normalized spacial score (nSPS) is 15.2. The SMILES string of the molecule is CC(=O)N1CCN(C(=O)CN(C)Cc2cc(Cl)cc(Cl)c2)CC1. The van der Waals surface area contributed by atoms with Crippen molar-refractivity contribution in [1.29, 1.82) is 0 Å². The lowest BCUT2D eigenvalue weighted by atomic mass is 10.2. The van der Waals surface area contributed by atoms with Crippen LogP contribution in [-0.2, 0) is 16.1 Å². The molecule has 0 atom stereocenters. The predicted octanol–water partition coefficient (Wildman–Crippen LogP) is 2.12. The fraction of sp³-hybridized carbons (Fsp3) is 0.500. The molecule has 1 aliphatic heterocycles. The Balaban J connectivity index is 1.84. The van der Waals surface area contributed by atoms with Gasteiger partial charge in [0.05, 0.1) is 6.54 Å². The number of carbonyl (C=O) groups is 2. The van der Waals surface area contributed by atoms with E-state index in [-0.39, 0.29) is 11.8 Å². The molecule has 2 rings (SSSR count). The largest absolute Gasteiger partial charge is 0.339 e. The molecule has 0 saturated carbocycles. The van der Waals surface area contributed by atoms with Crippen molar-refractivity contribution in [2.45, 2.75) is 13.5 Å². The van der Waals surface area contributed by atoms with Crippen molar-refractivity contribution in [2.24, 2.45) is 0 Å². The van der Waals surface area contributed by atoms with Gasteiger partial charge in [-0.15, -0.1) is 0 Å². The first kappa shape index (κ1) is 18.0. The third-order valence-corrected chi connectivity index (χ3v) is 4.29. The highest BCUT2D eigenvalue weighted by molar-refractivity contribution is 6.34. The number of halogens is 2. The van der Waals surface area contributed by atoms with Crippen LogP contribution in [0, 0.1) is 0 Å². The van der Waals surface area contributed by atoms with E-state index in [0.29, 0.717) is 49.3 Å². The maximum Gasteiger partial charge on any atom is 0.236 e. The molecule has 7 heteroatoms. The summed E-state index contributed by atoms with van der Waals surface area (Å²) in [6.45, 7) is 4.87. The van der Waals surface area contributed by atoms with Gasteiger partial charge in [-0.05, 0) is 30.8 Å². The van der Waals surface area contributed by atoms with Gasteiger partial charge in [0.25, 0.3) is 0 Å². The molecule has 1 aromatic rings. The predicted molar refractivity (Wildman–Crippen MR) is 91.6 cm³/mol. The molecule has 1 fully saturated rings. The summed E-state index contributed by atoms with van der Waals surface area (Å²) in [5, 5.41) is 1.18. The van der Waals surface area contributed by atoms with Crippen molar-refractivity contribution in [1.82, 2.24) is 14.7 Å². The van der Waals surface area contributed by atoms with E-state index in [1.807, 2.05) is 24.1 Å². The number of likely N-dealkylation sites (N-methyl/N-ethyl adjacent to an activating group) is 1. The maximum atomic E-state index is 12.3. The fourth-order valence-corrected chi connectivity index (χ4v) is 3.24. The second-order valence-corrected chi connectivity index (χ2v) is 6.71. The summed E-state index contributed by atoms with van der Waals surface area (Å²) in [6, 6.07) is 5.38. The van der Waals surface area contributed by atoms with Crippen LogP contribution in [0.4, 0.5) is 0 Å². The van der Waals surface area contributed by atoms with Gasteiger partial charge in [0.15, 0.2) is 0 Å². The van der Waals surface area contributed by atoms with Gasteiger partial charge in [-0.2, -0.15) is 0 Å². The molecule has 23 heavy (non-hydrogen) atoms. The first-order valence-electron chi connectivity index (χ1n) is 7.52. The van der Waals surface area contributed by atoms with Gasteiger partial charge in [0.2, 0.25) is 11.8 Å². The molecule has 2 amide bonds. The Labute approximate surface area is 146 Å². The maximum absolute atomic E-state index is 12.3. The summed E-state index contributed by atoms with van der Waals surface area (Å²) in [5.74, 6) is 0.135. The van der Waals surface area contributed by atoms with Crippen LogP contribution in [0.25, 0.3) is 0 Å². The minimum Gasteiger partial charge on any atom is -0.339 e. The zero-order chi connectivity index (χ0) is 17.0. The molecule has 126 valence electrons. The summed E-state index contributed by atoms with van der Waals surface area (Å²) in [4.78, 5) is 29.1. The summed E-state index contributed by atoms with van der Waals surface area (Å²) >= 11 is 12.0. The summed E-state index contributed by atoms with van der Waals surface area (Å²) < 4.78 is 0. The van der Waals surface area contributed by atoms with E-state index in [9.17, 15) is 9.59 Å². The van der Waals surface area contributed by atoms with Gasteiger partial charge >= 0.3 is 0 Å². The van der Waals surface area contributed by atoms with Gasteiger partial charge in [-0.3, -0.25) is 14.5 Å². The van der Waals surface area contributed by atoms with Crippen LogP contribution >= 0.6 is 23.2 Å². The van der Waals surface area contributed by atoms with Crippen LogP contribution in [0.15, 0.2) is 18.2 Å². The molecule has 0 bridgehead atoms. The fourth-order valence-electron chi connectivity index (χ4n) is 2.67. The van der Waals surface area contributed by atoms with Crippen molar-refractivity contribution < 1.29 is 9.59 Å². The minimum atomic E-state index is 0.0621. The van der Waals surface area contributed by atoms with E-state index in [0.717, 1.165) is 5.56 Å². The highest BCUT2D eigenvalue weighted by Gasteiger charge is 2.22. The molecule has 0 aromatic heterocycles. The average Bonchev–Trinajstić information content (AvgIpc) is 2.45. The van der Waals surface area contributed by atoms with Crippen molar-refractivity contribution in [2.75, 3.05) is 39.8 Å². The molecule has 0 unspecified atom stereocenters. The van der Waals surface area contributed by atoms with E-state index < -0.39 is 0 Å². The Hall–Kier alpha value is -1.30. The molecule has 1 aromatic carbocycles. The van der Waals surface area contributed by atoms with Crippen molar-refractivity contribution >= 4 is 35.0 Å². The van der Waals surface area contributed by atoms with Gasteiger partial charge in [0, 0.05) is 49.7 Å².